The molecule has 2 aromatic rings. The summed E-state index contributed by atoms with van der Waals surface area (Å²) in [6, 6.07) is 0.532. The van der Waals surface area contributed by atoms with E-state index >= 15 is 0 Å². The van der Waals surface area contributed by atoms with Crippen LogP contribution in [0.15, 0.2) is 11.6 Å². The number of thiazole rings is 2. The minimum atomic E-state index is 0.263. The molecule has 0 aliphatic carbocycles. The molecule has 92 valence electrons. The van der Waals surface area contributed by atoms with Crippen LogP contribution in [0.5, 0.6) is 0 Å². The molecule has 1 N–H and O–H groups in total. The van der Waals surface area contributed by atoms with Crippen molar-refractivity contribution in [2.45, 2.75) is 39.8 Å². The third-order valence-corrected chi connectivity index (χ3v) is 4.48. The third-order valence-electron chi connectivity index (χ3n) is 2.59. The third kappa shape index (κ3) is 3.12. The van der Waals surface area contributed by atoms with Gasteiger partial charge in [0.1, 0.15) is 5.01 Å². The minimum absolute atomic E-state index is 0.263. The van der Waals surface area contributed by atoms with Crippen LogP contribution in [0.25, 0.3) is 0 Å². The van der Waals surface area contributed by atoms with Gasteiger partial charge in [0.05, 0.1) is 16.7 Å². The highest BCUT2D eigenvalue weighted by molar-refractivity contribution is 7.11. The molecule has 5 heteroatoms. The summed E-state index contributed by atoms with van der Waals surface area (Å²) in [6.07, 6.45) is 1.93. The Bertz CT molecular complexity index is 445. The van der Waals surface area contributed by atoms with E-state index in [1.54, 1.807) is 22.7 Å². The Hall–Kier alpha value is -0.780. The van der Waals surface area contributed by atoms with Gasteiger partial charge in [-0.25, -0.2) is 9.97 Å². The predicted molar refractivity (Wildman–Crippen MR) is 73.7 cm³/mol. The zero-order valence-electron chi connectivity index (χ0n) is 10.5. The molecule has 0 amide bonds. The van der Waals surface area contributed by atoms with Crippen molar-refractivity contribution in [3.05, 3.63) is 32.2 Å². The van der Waals surface area contributed by atoms with Crippen molar-refractivity contribution >= 4 is 22.7 Å². The highest BCUT2D eigenvalue weighted by atomic mass is 32.1. The van der Waals surface area contributed by atoms with Gasteiger partial charge in [0.25, 0.3) is 0 Å². The molecule has 2 aromatic heterocycles. The summed E-state index contributed by atoms with van der Waals surface area (Å²) in [7, 11) is 0. The molecular formula is C12H17N3S2. The maximum absolute atomic E-state index is 4.50. The van der Waals surface area contributed by atoms with E-state index < -0.39 is 0 Å². The number of nitrogens with zero attached hydrogens (tertiary/aromatic N) is 2. The van der Waals surface area contributed by atoms with Crippen LogP contribution in [-0.4, -0.2) is 9.97 Å². The van der Waals surface area contributed by atoms with Crippen LogP contribution >= 0.6 is 22.7 Å². The Kier molecular flexibility index (Phi) is 3.91. The molecule has 2 unspecified atom stereocenters. The molecule has 17 heavy (non-hydrogen) atoms. The van der Waals surface area contributed by atoms with E-state index in [2.05, 4.69) is 41.4 Å². The van der Waals surface area contributed by atoms with Crippen molar-refractivity contribution in [2.75, 3.05) is 0 Å². The smallest absolute Gasteiger partial charge is 0.109 e. The van der Waals surface area contributed by atoms with Crippen LogP contribution in [-0.2, 0) is 0 Å². The van der Waals surface area contributed by atoms with Crippen LogP contribution in [0.4, 0.5) is 0 Å². The Morgan fingerprint density at radius 3 is 2.53 bits per heavy atom. The lowest BCUT2D eigenvalue weighted by Crippen LogP contribution is -2.22. The highest BCUT2D eigenvalue weighted by Crippen LogP contribution is 2.23. The molecule has 0 saturated heterocycles. The SMILES string of the molecule is Cc1cnc(C(C)NC(C)c2csc(C)n2)s1. The maximum atomic E-state index is 4.50. The number of aromatic nitrogens is 2. The molecule has 0 spiro atoms. The number of hydrogen-bond acceptors (Lipinski definition) is 5. The number of rotatable bonds is 4. The molecular weight excluding hydrogens is 250 g/mol. The van der Waals surface area contributed by atoms with E-state index in [0.29, 0.717) is 0 Å². The maximum Gasteiger partial charge on any atom is 0.109 e. The van der Waals surface area contributed by atoms with Crippen LogP contribution in [0, 0.1) is 13.8 Å². The molecule has 0 radical (unpaired) electrons. The van der Waals surface area contributed by atoms with E-state index in [0.717, 1.165) is 15.7 Å². The molecule has 2 rings (SSSR count). The van der Waals surface area contributed by atoms with E-state index in [4.69, 9.17) is 0 Å². The van der Waals surface area contributed by atoms with Gasteiger partial charge in [-0.1, -0.05) is 0 Å². The summed E-state index contributed by atoms with van der Waals surface area (Å²) in [4.78, 5) is 10.2. The van der Waals surface area contributed by atoms with Crippen molar-refractivity contribution in [2.24, 2.45) is 0 Å². The Labute approximate surface area is 110 Å². The van der Waals surface area contributed by atoms with Gasteiger partial charge in [0.2, 0.25) is 0 Å². The Balaban J connectivity index is 2.01. The zero-order chi connectivity index (χ0) is 12.4. The summed E-state index contributed by atoms with van der Waals surface area (Å²) in [5, 5.41) is 7.91. The van der Waals surface area contributed by atoms with E-state index in [9.17, 15) is 0 Å². The molecule has 3 nitrogen and oxygen atoms in total. The van der Waals surface area contributed by atoms with E-state index in [1.165, 1.54) is 4.88 Å². The summed E-state index contributed by atoms with van der Waals surface area (Å²) in [5.41, 5.74) is 1.12. The molecule has 0 aliphatic heterocycles. The average molecular weight is 267 g/mol. The lowest BCUT2D eigenvalue weighted by atomic mass is 10.2. The van der Waals surface area contributed by atoms with Gasteiger partial charge in [-0.2, -0.15) is 0 Å². The molecule has 0 aromatic carbocycles. The number of hydrogen-bond donors (Lipinski definition) is 1. The standard InChI is InChI=1S/C12H17N3S2/c1-7-5-13-12(17-7)9(3)14-8(2)11-6-16-10(4)15-11/h5-6,8-9,14H,1-4H3. The Morgan fingerprint density at radius 1 is 1.24 bits per heavy atom. The summed E-state index contributed by atoms with van der Waals surface area (Å²) in [6.45, 7) is 8.41. The first-order valence-corrected chi connectivity index (χ1v) is 7.36. The molecule has 2 heterocycles. The monoisotopic (exact) mass is 267 g/mol. The van der Waals surface area contributed by atoms with Crippen molar-refractivity contribution in [3.63, 3.8) is 0 Å². The van der Waals surface area contributed by atoms with Gasteiger partial charge < -0.3 is 5.32 Å². The van der Waals surface area contributed by atoms with Crippen molar-refractivity contribution in [3.8, 4) is 0 Å². The van der Waals surface area contributed by atoms with Gasteiger partial charge in [0.15, 0.2) is 0 Å². The first kappa shape index (κ1) is 12.7. The summed E-state index contributed by atoms with van der Waals surface area (Å²) >= 11 is 3.44. The fourth-order valence-corrected chi connectivity index (χ4v) is 3.17. The van der Waals surface area contributed by atoms with Gasteiger partial charge in [0, 0.05) is 22.5 Å². The van der Waals surface area contributed by atoms with Gasteiger partial charge in [-0.3, -0.25) is 0 Å². The second kappa shape index (κ2) is 5.25. The molecule has 0 aliphatic rings. The highest BCUT2D eigenvalue weighted by Gasteiger charge is 2.15. The predicted octanol–water partition coefficient (Wildman–Crippen LogP) is 3.63. The topological polar surface area (TPSA) is 37.8 Å². The lowest BCUT2D eigenvalue weighted by molar-refractivity contribution is 0.486. The van der Waals surface area contributed by atoms with Gasteiger partial charge >= 0.3 is 0 Å². The van der Waals surface area contributed by atoms with Crippen molar-refractivity contribution in [1.29, 1.82) is 0 Å². The lowest BCUT2D eigenvalue weighted by Gasteiger charge is -2.16. The largest absolute Gasteiger partial charge is 0.300 e. The van der Waals surface area contributed by atoms with E-state index in [-0.39, 0.29) is 12.1 Å². The quantitative estimate of drug-likeness (QED) is 0.919. The van der Waals surface area contributed by atoms with Crippen LogP contribution in [0.1, 0.15) is 46.5 Å². The second-order valence-electron chi connectivity index (χ2n) is 4.21. The number of nitrogens with one attached hydrogen (secondary N) is 1. The zero-order valence-corrected chi connectivity index (χ0v) is 12.2. The first-order chi connectivity index (χ1) is 8.06. The Morgan fingerprint density at radius 2 is 2.00 bits per heavy atom. The first-order valence-electron chi connectivity index (χ1n) is 5.66. The van der Waals surface area contributed by atoms with E-state index in [1.807, 2.05) is 13.1 Å². The molecule has 0 fully saturated rings. The molecule has 2 atom stereocenters. The molecule has 0 bridgehead atoms. The minimum Gasteiger partial charge on any atom is -0.300 e. The van der Waals surface area contributed by atoms with Gasteiger partial charge in [-0.15, -0.1) is 22.7 Å². The van der Waals surface area contributed by atoms with Crippen LogP contribution < -0.4 is 5.32 Å². The summed E-state index contributed by atoms with van der Waals surface area (Å²) < 4.78 is 0. The van der Waals surface area contributed by atoms with Crippen molar-refractivity contribution < 1.29 is 0 Å². The fraction of sp³-hybridized carbons (Fsp3) is 0.500. The van der Waals surface area contributed by atoms with Gasteiger partial charge in [-0.05, 0) is 27.7 Å². The normalized spacial score (nSPS) is 14.8. The fourth-order valence-electron chi connectivity index (χ4n) is 1.68. The second-order valence-corrected chi connectivity index (χ2v) is 6.54. The van der Waals surface area contributed by atoms with Crippen molar-refractivity contribution in [1.82, 2.24) is 15.3 Å². The average Bonchev–Trinajstić information content (AvgIpc) is 2.87. The number of aryl methyl sites for hydroxylation is 2. The van der Waals surface area contributed by atoms with Crippen LogP contribution in [0.3, 0.4) is 0 Å². The summed E-state index contributed by atoms with van der Waals surface area (Å²) in [5.74, 6) is 0. The molecule has 0 saturated carbocycles. The van der Waals surface area contributed by atoms with Crippen LogP contribution in [0.2, 0.25) is 0 Å².